The third-order valence-electron chi connectivity index (χ3n) is 3.81. The molecule has 138 valence electrons. The van der Waals surface area contributed by atoms with Crippen molar-refractivity contribution in [2.75, 3.05) is 13.2 Å². The van der Waals surface area contributed by atoms with E-state index in [0.29, 0.717) is 29.6 Å². The monoisotopic (exact) mass is 410 g/mol. The molecule has 0 unspecified atom stereocenters. The van der Waals surface area contributed by atoms with Crippen LogP contribution in [0.15, 0.2) is 51.8 Å². The minimum Gasteiger partial charge on any atom is -0.380 e. The second kappa shape index (κ2) is 7.92. The standard InChI is InChI=1S/C18H19ClN2O3S2/c1-3-24-11-10-21-16-9-4-13(2)12-17(16)25-18(21)20-26(22,23)15-7-5-14(19)6-8-15/h4-9,12H,3,10-11H2,1-2H3. The number of thiazole rings is 1. The average molecular weight is 411 g/mol. The highest BCUT2D eigenvalue weighted by Gasteiger charge is 2.15. The van der Waals surface area contributed by atoms with Gasteiger partial charge in [0.15, 0.2) is 0 Å². The van der Waals surface area contributed by atoms with Gasteiger partial charge in [0, 0.05) is 18.2 Å². The first-order valence-corrected chi connectivity index (χ1v) is 10.8. The summed E-state index contributed by atoms with van der Waals surface area (Å²) in [5.74, 6) is 0. The largest absolute Gasteiger partial charge is 0.380 e. The normalized spacial score (nSPS) is 12.8. The highest BCUT2D eigenvalue weighted by Crippen LogP contribution is 2.20. The summed E-state index contributed by atoms with van der Waals surface area (Å²) < 4.78 is 37.8. The topological polar surface area (TPSA) is 60.7 Å². The molecule has 3 rings (SSSR count). The summed E-state index contributed by atoms with van der Waals surface area (Å²) in [6, 6.07) is 12.0. The van der Waals surface area contributed by atoms with Crippen molar-refractivity contribution in [3.8, 4) is 0 Å². The van der Waals surface area contributed by atoms with Crippen molar-refractivity contribution < 1.29 is 13.2 Å². The van der Waals surface area contributed by atoms with Crippen molar-refractivity contribution in [1.82, 2.24) is 4.57 Å². The number of ether oxygens (including phenoxy) is 1. The molecule has 0 saturated heterocycles. The van der Waals surface area contributed by atoms with Crippen molar-refractivity contribution in [3.05, 3.63) is 57.9 Å². The van der Waals surface area contributed by atoms with Crippen LogP contribution in [0, 0.1) is 6.92 Å². The van der Waals surface area contributed by atoms with Gasteiger partial charge >= 0.3 is 0 Å². The van der Waals surface area contributed by atoms with Gasteiger partial charge in [0.2, 0.25) is 4.80 Å². The number of rotatable bonds is 6. The first kappa shape index (κ1) is 19.1. The number of benzene rings is 2. The fraction of sp³-hybridized carbons (Fsp3) is 0.278. The van der Waals surface area contributed by atoms with Gasteiger partial charge in [0.1, 0.15) is 0 Å². The van der Waals surface area contributed by atoms with Crippen molar-refractivity contribution in [2.45, 2.75) is 25.3 Å². The van der Waals surface area contributed by atoms with E-state index in [4.69, 9.17) is 16.3 Å². The molecule has 3 aromatic rings. The van der Waals surface area contributed by atoms with Crippen LogP contribution < -0.4 is 4.80 Å². The Balaban J connectivity index is 2.14. The van der Waals surface area contributed by atoms with E-state index in [-0.39, 0.29) is 4.90 Å². The molecule has 5 nitrogen and oxygen atoms in total. The van der Waals surface area contributed by atoms with Crippen LogP contribution in [0.1, 0.15) is 12.5 Å². The van der Waals surface area contributed by atoms with E-state index in [1.807, 2.05) is 36.6 Å². The van der Waals surface area contributed by atoms with Gasteiger partial charge in [-0.1, -0.05) is 29.0 Å². The SMILES string of the molecule is CCOCCn1c(=NS(=O)(=O)c2ccc(Cl)cc2)sc2cc(C)ccc21. The Kier molecular flexibility index (Phi) is 5.82. The quantitative estimate of drug-likeness (QED) is 0.577. The summed E-state index contributed by atoms with van der Waals surface area (Å²) in [4.78, 5) is 0.548. The smallest absolute Gasteiger partial charge is 0.285 e. The minimum atomic E-state index is -3.83. The Morgan fingerprint density at radius 2 is 1.92 bits per heavy atom. The molecular weight excluding hydrogens is 392 g/mol. The van der Waals surface area contributed by atoms with Gasteiger partial charge < -0.3 is 9.30 Å². The van der Waals surface area contributed by atoms with E-state index < -0.39 is 10.0 Å². The van der Waals surface area contributed by atoms with Crippen LogP contribution in [0.2, 0.25) is 5.02 Å². The molecule has 0 atom stereocenters. The van der Waals surface area contributed by atoms with Gasteiger partial charge in [-0.05, 0) is 55.8 Å². The van der Waals surface area contributed by atoms with Crippen molar-refractivity contribution in [2.24, 2.45) is 4.40 Å². The maximum atomic E-state index is 12.7. The number of fused-ring (bicyclic) bond motifs is 1. The Bertz CT molecular complexity index is 1080. The predicted molar refractivity (Wildman–Crippen MR) is 105 cm³/mol. The zero-order valence-corrected chi connectivity index (χ0v) is 16.9. The Morgan fingerprint density at radius 3 is 2.62 bits per heavy atom. The lowest BCUT2D eigenvalue weighted by Gasteiger charge is -2.06. The molecule has 1 heterocycles. The number of sulfonamides is 1. The number of hydrogen-bond donors (Lipinski definition) is 0. The van der Waals surface area contributed by atoms with Crippen LogP contribution in [-0.4, -0.2) is 26.2 Å². The number of nitrogens with zero attached hydrogens (tertiary/aromatic N) is 2. The molecule has 0 aliphatic rings. The number of aromatic nitrogens is 1. The van der Waals surface area contributed by atoms with E-state index in [1.54, 1.807) is 12.1 Å². The van der Waals surface area contributed by atoms with Crippen LogP contribution >= 0.6 is 22.9 Å². The van der Waals surface area contributed by atoms with E-state index in [1.165, 1.54) is 23.5 Å². The van der Waals surface area contributed by atoms with Crippen LogP contribution in [0.3, 0.4) is 0 Å². The van der Waals surface area contributed by atoms with Crippen LogP contribution in [-0.2, 0) is 21.3 Å². The lowest BCUT2D eigenvalue weighted by Crippen LogP contribution is -2.19. The zero-order chi connectivity index (χ0) is 18.7. The molecule has 0 aliphatic carbocycles. The maximum Gasteiger partial charge on any atom is 0.285 e. The Hall–Kier alpha value is -1.67. The maximum absolute atomic E-state index is 12.7. The van der Waals surface area contributed by atoms with E-state index >= 15 is 0 Å². The molecule has 1 aromatic heterocycles. The summed E-state index contributed by atoms with van der Waals surface area (Å²) in [6.07, 6.45) is 0. The second-order valence-electron chi connectivity index (χ2n) is 5.72. The van der Waals surface area contributed by atoms with Crippen LogP contribution in [0.4, 0.5) is 0 Å². The fourth-order valence-corrected chi connectivity index (χ4v) is 5.01. The highest BCUT2D eigenvalue weighted by atomic mass is 35.5. The Labute approximate surface area is 161 Å². The summed E-state index contributed by atoms with van der Waals surface area (Å²) in [5.41, 5.74) is 2.06. The molecule has 0 amide bonds. The molecule has 2 aromatic carbocycles. The first-order valence-electron chi connectivity index (χ1n) is 8.15. The summed E-state index contributed by atoms with van der Waals surface area (Å²) in [7, 11) is -3.83. The highest BCUT2D eigenvalue weighted by molar-refractivity contribution is 7.90. The Morgan fingerprint density at radius 1 is 1.19 bits per heavy atom. The third kappa shape index (κ3) is 4.17. The zero-order valence-electron chi connectivity index (χ0n) is 14.5. The summed E-state index contributed by atoms with van der Waals surface area (Å²) in [6.45, 7) is 5.56. The van der Waals surface area contributed by atoms with Gasteiger partial charge in [0.05, 0.1) is 21.7 Å². The number of halogens is 1. The van der Waals surface area contributed by atoms with Gasteiger partial charge in [-0.15, -0.1) is 4.40 Å². The molecule has 0 radical (unpaired) electrons. The van der Waals surface area contributed by atoms with Gasteiger partial charge in [-0.2, -0.15) is 8.42 Å². The first-order chi connectivity index (χ1) is 12.4. The predicted octanol–water partition coefficient (Wildman–Crippen LogP) is 3.99. The van der Waals surface area contributed by atoms with Crippen LogP contribution in [0.5, 0.6) is 0 Å². The van der Waals surface area contributed by atoms with Gasteiger partial charge in [-0.25, -0.2) is 0 Å². The molecule has 26 heavy (non-hydrogen) atoms. The molecule has 0 aliphatic heterocycles. The van der Waals surface area contributed by atoms with E-state index in [0.717, 1.165) is 15.8 Å². The number of aryl methyl sites for hydroxylation is 1. The van der Waals surface area contributed by atoms with E-state index in [2.05, 4.69) is 4.40 Å². The van der Waals surface area contributed by atoms with Gasteiger partial charge in [-0.3, -0.25) is 0 Å². The van der Waals surface area contributed by atoms with Gasteiger partial charge in [0.25, 0.3) is 10.0 Å². The molecule has 0 spiro atoms. The van der Waals surface area contributed by atoms with Crippen molar-refractivity contribution in [1.29, 1.82) is 0 Å². The van der Waals surface area contributed by atoms with Crippen LogP contribution in [0.25, 0.3) is 10.2 Å². The third-order valence-corrected chi connectivity index (χ3v) is 6.50. The fourth-order valence-electron chi connectivity index (χ4n) is 2.53. The number of hydrogen-bond acceptors (Lipinski definition) is 4. The van der Waals surface area contributed by atoms with Crippen molar-refractivity contribution in [3.63, 3.8) is 0 Å². The average Bonchev–Trinajstić information content (AvgIpc) is 2.91. The minimum absolute atomic E-state index is 0.117. The van der Waals surface area contributed by atoms with E-state index in [9.17, 15) is 8.42 Å². The van der Waals surface area contributed by atoms with Crippen molar-refractivity contribution >= 4 is 43.2 Å². The molecule has 8 heteroatoms. The summed E-state index contributed by atoms with van der Waals surface area (Å²) in [5, 5.41) is 0.480. The molecule has 0 N–H and O–H groups in total. The second-order valence-corrected chi connectivity index (χ2v) is 8.77. The molecule has 0 bridgehead atoms. The molecule has 0 fully saturated rings. The molecular formula is C18H19ClN2O3S2. The lowest BCUT2D eigenvalue weighted by molar-refractivity contribution is 0.139. The summed E-state index contributed by atoms with van der Waals surface area (Å²) >= 11 is 7.20. The molecule has 0 saturated carbocycles. The lowest BCUT2D eigenvalue weighted by atomic mass is 10.2.